The molecule has 0 radical (unpaired) electrons. The third-order valence-electron chi connectivity index (χ3n) is 5.29. The molecule has 3 rings (SSSR count). The molecule has 2 nitrogen and oxygen atoms in total. The predicted molar refractivity (Wildman–Crippen MR) is 84.1 cm³/mol. The van der Waals surface area contributed by atoms with Crippen molar-refractivity contribution in [2.75, 3.05) is 5.32 Å². The standard InChI is InChI=1S/C18H27NO/c20-16-12-10-15(11-13-16)19-18-9-5-4-8-17(18)14-6-2-1-3-7-14/h10-14,17-20H,1-9H2. The summed E-state index contributed by atoms with van der Waals surface area (Å²) in [4.78, 5) is 0. The number of phenols is 1. The first kappa shape index (κ1) is 13.8. The van der Waals surface area contributed by atoms with E-state index in [0.717, 1.165) is 17.5 Å². The van der Waals surface area contributed by atoms with Crippen LogP contribution in [0.1, 0.15) is 57.8 Å². The third kappa shape index (κ3) is 3.28. The average Bonchev–Trinajstić information content (AvgIpc) is 2.51. The van der Waals surface area contributed by atoms with Crippen LogP contribution < -0.4 is 5.32 Å². The highest BCUT2D eigenvalue weighted by atomic mass is 16.3. The fraction of sp³-hybridized carbons (Fsp3) is 0.667. The number of nitrogens with one attached hydrogen (secondary N) is 1. The molecule has 2 aliphatic rings. The molecule has 1 aromatic rings. The van der Waals surface area contributed by atoms with Gasteiger partial charge in [-0.3, -0.25) is 0 Å². The lowest BCUT2D eigenvalue weighted by atomic mass is 9.71. The van der Waals surface area contributed by atoms with Crippen molar-refractivity contribution in [1.29, 1.82) is 0 Å². The summed E-state index contributed by atoms with van der Waals surface area (Å²) in [5, 5.41) is 13.1. The molecule has 0 spiro atoms. The van der Waals surface area contributed by atoms with Crippen LogP contribution in [0.25, 0.3) is 0 Å². The second-order valence-corrected chi connectivity index (χ2v) is 6.64. The molecule has 0 bridgehead atoms. The largest absolute Gasteiger partial charge is 0.508 e. The minimum Gasteiger partial charge on any atom is -0.508 e. The molecule has 2 unspecified atom stereocenters. The quantitative estimate of drug-likeness (QED) is 0.764. The number of hydrogen-bond acceptors (Lipinski definition) is 2. The molecule has 0 amide bonds. The lowest BCUT2D eigenvalue weighted by molar-refractivity contribution is 0.180. The Balaban J connectivity index is 1.66. The summed E-state index contributed by atoms with van der Waals surface area (Å²) < 4.78 is 0. The first-order chi connectivity index (χ1) is 9.83. The van der Waals surface area contributed by atoms with E-state index in [2.05, 4.69) is 5.32 Å². The van der Waals surface area contributed by atoms with Gasteiger partial charge in [0, 0.05) is 11.7 Å². The molecule has 2 saturated carbocycles. The zero-order valence-corrected chi connectivity index (χ0v) is 12.4. The summed E-state index contributed by atoms with van der Waals surface area (Å²) in [5.41, 5.74) is 1.16. The molecule has 0 aliphatic heterocycles. The van der Waals surface area contributed by atoms with E-state index in [4.69, 9.17) is 0 Å². The first-order valence-corrected chi connectivity index (χ1v) is 8.38. The van der Waals surface area contributed by atoms with E-state index in [0.29, 0.717) is 11.8 Å². The number of anilines is 1. The van der Waals surface area contributed by atoms with Gasteiger partial charge in [-0.2, -0.15) is 0 Å². The van der Waals surface area contributed by atoms with Crippen molar-refractivity contribution in [1.82, 2.24) is 0 Å². The minimum absolute atomic E-state index is 0.350. The van der Waals surface area contributed by atoms with Crippen molar-refractivity contribution < 1.29 is 5.11 Å². The Hall–Kier alpha value is -1.18. The molecule has 0 saturated heterocycles. The lowest BCUT2D eigenvalue weighted by Crippen LogP contribution is -2.37. The van der Waals surface area contributed by atoms with E-state index in [-0.39, 0.29) is 0 Å². The number of phenolic OH excluding ortho intramolecular Hbond substituents is 1. The Kier molecular flexibility index (Phi) is 4.49. The van der Waals surface area contributed by atoms with Crippen molar-refractivity contribution in [2.45, 2.75) is 63.8 Å². The SMILES string of the molecule is Oc1ccc(NC2CCCCC2C2CCCCC2)cc1. The van der Waals surface area contributed by atoms with Gasteiger partial charge in [-0.05, 0) is 48.9 Å². The zero-order valence-electron chi connectivity index (χ0n) is 12.4. The topological polar surface area (TPSA) is 32.3 Å². The van der Waals surface area contributed by atoms with Crippen LogP contribution in [0.15, 0.2) is 24.3 Å². The van der Waals surface area contributed by atoms with Crippen molar-refractivity contribution in [3.05, 3.63) is 24.3 Å². The van der Waals surface area contributed by atoms with E-state index in [9.17, 15) is 5.11 Å². The Morgan fingerprint density at radius 3 is 2.20 bits per heavy atom. The average molecular weight is 273 g/mol. The maximum absolute atomic E-state index is 9.39. The van der Waals surface area contributed by atoms with Gasteiger partial charge in [0.2, 0.25) is 0 Å². The van der Waals surface area contributed by atoms with E-state index < -0.39 is 0 Å². The molecule has 110 valence electrons. The normalized spacial score (nSPS) is 28.2. The van der Waals surface area contributed by atoms with Crippen LogP contribution in [0, 0.1) is 11.8 Å². The van der Waals surface area contributed by atoms with Gasteiger partial charge in [0.1, 0.15) is 5.75 Å². The molecule has 2 atom stereocenters. The summed E-state index contributed by atoms with van der Waals surface area (Å²) in [6.45, 7) is 0. The van der Waals surface area contributed by atoms with Crippen molar-refractivity contribution in [2.24, 2.45) is 11.8 Å². The number of aromatic hydroxyl groups is 1. The monoisotopic (exact) mass is 273 g/mol. The highest BCUT2D eigenvalue weighted by Gasteiger charge is 2.32. The Labute approximate surface area is 122 Å². The van der Waals surface area contributed by atoms with Gasteiger partial charge in [0.15, 0.2) is 0 Å². The van der Waals surface area contributed by atoms with Crippen LogP contribution in [-0.4, -0.2) is 11.1 Å². The molecular weight excluding hydrogens is 246 g/mol. The van der Waals surface area contributed by atoms with Crippen molar-refractivity contribution in [3.63, 3.8) is 0 Å². The smallest absolute Gasteiger partial charge is 0.115 e. The number of hydrogen-bond donors (Lipinski definition) is 2. The number of benzene rings is 1. The molecular formula is C18H27NO. The number of rotatable bonds is 3. The van der Waals surface area contributed by atoms with Crippen molar-refractivity contribution >= 4 is 5.69 Å². The molecule has 2 aliphatic carbocycles. The van der Waals surface area contributed by atoms with E-state index in [1.165, 1.54) is 57.8 Å². The summed E-state index contributed by atoms with van der Waals surface area (Å²) in [5.74, 6) is 2.15. The third-order valence-corrected chi connectivity index (χ3v) is 5.29. The van der Waals surface area contributed by atoms with Gasteiger partial charge in [-0.1, -0.05) is 44.9 Å². The first-order valence-electron chi connectivity index (χ1n) is 8.38. The van der Waals surface area contributed by atoms with Crippen LogP contribution >= 0.6 is 0 Å². The maximum Gasteiger partial charge on any atom is 0.115 e. The van der Waals surface area contributed by atoms with Crippen molar-refractivity contribution in [3.8, 4) is 5.75 Å². The van der Waals surface area contributed by atoms with Crippen LogP contribution in [-0.2, 0) is 0 Å². The fourth-order valence-corrected chi connectivity index (χ4v) is 4.24. The zero-order chi connectivity index (χ0) is 13.8. The fourth-order valence-electron chi connectivity index (χ4n) is 4.24. The molecule has 1 aromatic carbocycles. The highest BCUT2D eigenvalue weighted by molar-refractivity contribution is 5.46. The second kappa shape index (κ2) is 6.51. The Morgan fingerprint density at radius 1 is 0.800 bits per heavy atom. The van der Waals surface area contributed by atoms with E-state index >= 15 is 0 Å². The van der Waals surface area contributed by atoms with Crippen LogP contribution in [0.2, 0.25) is 0 Å². The van der Waals surface area contributed by atoms with E-state index in [1.807, 2.05) is 12.1 Å². The summed E-state index contributed by atoms with van der Waals surface area (Å²) >= 11 is 0. The summed E-state index contributed by atoms with van der Waals surface area (Å²) in [7, 11) is 0. The molecule has 20 heavy (non-hydrogen) atoms. The summed E-state index contributed by atoms with van der Waals surface area (Å²) in [6, 6.07) is 8.20. The highest BCUT2D eigenvalue weighted by Crippen LogP contribution is 2.39. The van der Waals surface area contributed by atoms with Crippen LogP contribution in [0.5, 0.6) is 5.75 Å². The lowest BCUT2D eigenvalue weighted by Gasteiger charge is -2.39. The Bertz CT molecular complexity index is 408. The van der Waals surface area contributed by atoms with Gasteiger partial charge in [-0.15, -0.1) is 0 Å². The van der Waals surface area contributed by atoms with Gasteiger partial charge >= 0.3 is 0 Å². The van der Waals surface area contributed by atoms with Crippen LogP contribution in [0.3, 0.4) is 0 Å². The van der Waals surface area contributed by atoms with E-state index in [1.54, 1.807) is 12.1 Å². The van der Waals surface area contributed by atoms with Crippen LogP contribution in [0.4, 0.5) is 5.69 Å². The molecule has 0 aromatic heterocycles. The molecule has 2 fully saturated rings. The second-order valence-electron chi connectivity index (χ2n) is 6.64. The summed E-state index contributed by atoms with van der Waals surface area (Å²) in [6.07, 6.45) is 12.7. The molecule has 0 heterocycles. The minimum atomic E-state index is 0.350. The maximum atomic E-state index is 9.39. The molecule has 2 N–H and O–H groups in total. The van der Waals surface area contributed by atoms with Gasteiger partial charge in [-0.25, -0.2) is 0 Å². The van der Waals surface area contributed by atoms with Gasteiger partial charge in [0.25, 0.3) is 0 Å². The van der Waals surface area contributed by atoms with Gasteiger partial charge in [0.05, 0.1) is 0 Å². The predicted octanol–water partition coefficient (Wildman–Crippen LogP) is 4.94. The Morgan fingerprint density at radius 2 is 1.45 bits per heavy atom. The van der Waals surface area contributed by atoms with Gasteiger partial charge < -0.3 is 10.4 Å². The molecule has 2 heteroatoms.